The second-order valence-electron chi connectivity index (χ2n) is 13.1. The number of hydrogen-bond donors (Lipinski definition) is 2. The fourth-order valence-electron chi connectivity index (χ4n) is 7.36. The number of likely N-dealkylation sites (tertiary alicyclic amines) is 1. The van der Waals surface area contributed by atoms with Gasteiger partial charge in [-0.15, -0.1) is 0 Å². The van der Waals surface area contributed by atoms with Gasteiger partial charge in [0.25, 0.3) is 5.91 Å². The summed E-state index contributed by atoms with van der Waals surface area (Å²) in [5, 5.41) is 14.1. The van der Waals surface area contributed by atoms with E-state index in [9.17, 15) is 9.90 Å². The number of imidazole rings is 1. The van der Waals surface area contributed by atoms with E-state index < -0.39 is 0 Å². The number of β-amino-alcohol motifs (C(OH)–C–C–N with tert-alkyl or cyclic N) is 1. The number of nitrogens with one attached hydrogen (secondary N) is 1. The van der Waals surface area contributed by atoms with Crippen LogP contribution >= 0.6 is 23.2 Å². The number of fused-ring (bicyclic) bond motifs is 2. The number of ether oxygens (including phenoxy) is 2. The van der Waals surface area contributed by atoms with Crippen LogP contribution in [0.2, 0.25) is 10.0 Å². The molecular weight excluding hydrogens is 649 g/mol. The zero-order valence-electron chi connectivity index (χ0n) is 27.6. The van der Waals surface area contributed by atoms with E-state index in [1.807, 2.05) is 48.0 Å². The molecule has 2 unspecified atom stereocenters. The number of aromatic nitrogens is 2. The van der Waals surface area contributed by atoms with Crippen LogP contribution in [-0.4, -0.2) is 70.3 Å². The number of rotatable bonds is 9. The van der Waals surface area contributed by atoms with Crippen molar-refractivity contribution in [3.8, 4) is 22.6 Å². The highest BCUT2D eigenvalue weighted by molar-refractivity contribution is 6.34. The number of benzene rings is 3. The molecule has 2 atom stereocenters. The highest BCUT2D eigenvalue weighted by Gasteiger charge is 2.29. The molecule has 0 saturated carbocycles. The molecular formula is C37H41Cl2N5O4. The van der Waals surface area contributed by atoms with Gasteiger partial charge in [0, 0.05) is 75.6 Å². The van der Waals surface area contributed by atoms with Gasteiger partial charge in [0.2, 0.25) is 0 Å². The quantitative estimate of drug-likeness (QED) is 0.224. The van der Waals surface area contributed by atoms with E-state index >= 15 is 0 Å². The number of aliphatic hydroxyl groups excluding tert-OH is 1. The van der Waals surface area contributed by atoms with E-state index in [1.165, 1.54) is 5.56 Å². The zero-order chi connectivity index (χ0) is 33.5. The van der Waals surface area contributed by atoms with Crippen molar-refractivity contribution < 1.29 is 19.4 Å². The molecule has 1 aliphatic carbocycles. The Hall–Kier alpha value is -3.60. The van der Waals surface area contributed by atoms with Crippen LogP contribution in [0.25, 0.3) is 11.1 Å². The maximum atomic E-state index is 13.2. The van der Waals surface area contributed by atoms with Crippen molar-refractivity contribution >= 4 is 29.1 Å². The Morgan fingerprint density at radius 2 is 1.83 bits per heavy atom. The van der Waals surface area contributed by atoms with E-state index in [0.717, 1.165) is 84.5 Å². The highest BCUT2D eigenvalue weighted by Crippen LogP contribution is 2.44. The van der Waals surface area contributed by atoms with Crippen molar-refractivity contribution in [2.24, 2.45) is 7.05 Å². The number of amides is 1. The monoisotopic (exact) mass is 689 g/mol. The highest BCUT2D eigenvalue weighted by atomic mass is 35.5. The van der Waals surface area contributed by atoms with E-state index in [4.69, 9.17) is 32.7 Å². The molecule has 0 radical (unpaired) electrons. The van der Waals surface area contributed by atoms with Crippen molar-refractivity contribution in [1.29, 1.82) is 0 Å². The van der Waals surface area contributed by atoms with Crippen LogP contribution in [-0.2, 0) is 39.5 Å². The fraction of sp³-hybridized carbons (Fsp3) is 0.405. The van der Waals surface area contributed by atoms with E-state index in [2.05, 4.69) is 39.3 Å². The lowest BCUT2D eigenvalue weighted by molar-refractivity contribution is 0.0937. The standard InChI is InChI=1S/C37H41Cl2N5O4/c1-42-14-13-31-30(21-42)41-36(43(31)2)37(46)40-18-22-6-4-9-28(35(22)39)25-7-5-8-27-26(25)10-11-32(27)48-34-17-33(47-3)23(16-29(34)38)19-44-15-12-24(45)20-44/h4-9,16-17,24,32,45H,10-15,18-21H2,1-3H3,(H,40,46). The molecule has 0 spiro atoms. The number of likely N-dealkylation sites (N-methyl/N-ethyl adjacent to an activating group) is 1. The Balaban J connectivity index is 1.08. The summed E-state index contributed by atoms with van der Waals surface area (Å²) in [6.07, 6.45) is 2.82. The minimum absolute atomic E-state index is 0.175. The van der Waals surface area contributed by atoms with Gasteiger partial charge in [0.05, 0.1) is 29.0 Å². The minimum atomic E-state index is -0.287. The predicted octanol–water partition coefficient (Wildman–Crippen LogP) is 5.95. The number of carbonyl (C=O) groups excluding carboxylic acids is 1. The van der Waals surface area contributed by atoms with E-state index in [0.29, 0.717) is 47.0 Å². The van der Waals surface area contributed by atoms with Crippen LogP contribution in [0.4, 0.5) is 0 Å². The average molecular weight is 691 g/mol. The summed E-state index contributed by atoms with van der Waals surface area (Å²) in [5.74, 6) is 1.51. The second kappa shape index (κ2) is 13.7. The Bertz CT molecular complexity index is 1860. The summed E-state index contributed by atoms with van der Waals surface area (Å²) < 4.78 is 14.2. The number of halogens is 2. The van der Waals surface area contributed by atoms with Gasteiger partial charge in [-0.25, -0.2) is 4.98 Å². The van der Waals surface area contributed by atoms with Crippen LogP contribution in [0.5, 0.6) is 11.5 Å². The maximum Gasteiger partial charge on any atom is 0.287 e. The van der Waals surface area contributed by atoms with Crippen LogP contribution in [0, 0.1) is 0 Å². The van der Waals surface area contributed by atoms with Gasteiger partial charge >= 0.3 is 0 Å². The zero-order valence-corrected chi connectivity index (χ0v) is 29.1. The molecule has 252 valence electrons. The molecule has 11 heteroatoms. The normalized spacial score (nSPS) is 19.3. The molecule has 1 saturated heterocycles. The summed E-state index contributed by atoms with van der Waals surface area (Å²) in [5.41, 5.74) is 8.18. The predicted molar refractivity (Wildman–Crippen MR) is 187 cm³/mol. The molecule has 7 rings (SSSR count). The summed E-state index contributed by atoms with van der Waals surface area (Å²) in [7, 11) is 5.63. The number of carbonyl (C=O) groups is 1. The minimum Gasteiger partial charge on any atom is -0.496 e. The van der Waals surface area contributed by atoms with E-state index in [-0.39, 0.29) is 18.1 Å². The van der Waals surface area contributed by atoms with Gasteiger partial charge < -0.3 is 29.4 Å². The van der Waals surface area contributed by atoms with Gasteiger partial charge in [-0.3, -0.25) is 9.69 Å². The lowest BCUT2D eigenvalue weighted by Crippen LogP contribution is -2.27. The Morgan fingerprint density at radius 3 is 2.62 bits per heavy atom. The molecule has 4 aromatic rings. The third kappa shape index (κ3) is 6.42. The summed E-state index contributed by atoms with van der Waals surface area (Å²) in [4.78, 5) is 22.3. The molecule has 0 bridgehead atoms. The number of nitrogens with zero attached hydrogens (tertiary/aromatic N) is 4. The van der Waals surface area contributed by atoms with Crippen LogP contribution in [0.1, 0.15) is 63.2 Å². The summed E-state index contributed by atoms with van der Waals surface area (Å²) in [6.45, 7) is 4.13. The number of hydrogen-bond acceptors (Lipinski definition) is 7. The Morgan fingerprint density at radius 1 is 1.02 bits per heavy atom. The first-order valence-electron chi connectivity index (χ1n) is 16.5. The third-order valence-corrected chi connectivity index (χ3v) is 10.7. The first-order chi connectivity index (χ1) is 23.2. The lowest BCUT2D eigenvalue weighted by atomic mass is 9.95. The molecule has 2 aliphatic heterocycles. The van der Waals surface area contributed by atoms with Gasteiger partial charge in [-0.05, 0) is 54.6 Å². The summed E-state index contributed by atoms with van der Waals surface area (Å²) in [6, 6.07) is 16.0. The molecule has 48 heavy (non-hydrogen) atoms. The molecule has 1 aromatic heterocycles. The average Bonchev–Trinajstić information content (AvgIpc) is 3.78. The van der Waals surface area contributed by atoms with Gasteiger partial charge in [0.1, 0.15) is 17.6 Å². The van der Waals surface area contributed by atoms with Crippen molar-refractivity contribution in [2.45, 2.75) is 57.5 Å². The van der Waals surface area contributed by atoms with Crippen molar-refractivity contribution in [3.63, 3.8) is 0 Å². The second-order valence-corrected chi connectivity index (χ2v) is 13.9. The van der Waals surface area contributed by atoms with Crippen molar-refractivity contribution in [2.75, 3.05) is 33.8 Å². The van der Waals surface area contributed by atoms with Crippen LogP contribution < -0.4 is 14.8 Å². The molecule has 1 fully saturated rings. The molecule has 9 nitrogen and oxygen atoms in total. The smallest absolute Gasteiger partial charge is 0.287 e. The van der Waals surface area contributed by atoms with Gasteiger partial charge in [-0.1, -0.05) is 59.6 Å². The lowest BCUT2D eigenvalue weighted by Gasteiger charge is -2.21. The Kier molecular flexibility index (Phi) is 9.41. The largest absolute Gasteiger partial charge is 0.496 e. The van der Waals surface area contributed by atoms with Crippen LogP contribution in [0.3, 0.4) is 0 Å². The van der Waals surface area contributed by atoms with Crippen LogP contribution in [0.15, 0.2) is 48.5 Å². The third-order valence-electron chi connectivity index (χ3n) is 9.92. The Labute approximate surface area is 291 Å². The topological polar surface area (TPSA) is 92.1 Å². The number of aliphatic hydroxyl groups is 1. The van der Waals surface area contributed by atoms with E-state index in [1.54, 1.807) is 7.11 Å². The molecule has 3 aliphatic rings. The van der Waals surface area contributed by atoms with Gasteiger partial charge in [-0.2, -0.15) is 0 Å². The molecule has 2 N–H and O–H groups in total. The van der Waals surface area contributed by atoms with Gasteiger partial charge in [0.15, 0.2) is 5.82 Å². The number of methoxy groups -OCH3 is 1. The van der Waals surface area contributed by atoms with Crippen molar-refractivity contribution in [1.82, 2.24) is 24.7 Å². The molecule has 3 heterocycles. The van der Waals surface area contributed by atoms with Crippen molar-refractivity contribution in [3.05, 3.63) is 98.0 Å². The first kappa shape index (κ1) is 32.9. The first-order valence-corrected chi connectivity index (χ1v) is 17.3. The summed E-state index contributed by atoms with van der Waals surface area (Å²) >= 11 is 13.8. The molecule has 1 amide bonds. The SMILES string of the molecule is COc1cc(OC2CCc3c(-c4cccc(CNC(=O)c5nc6c(n5C)CCN(C)C6)c4Cl)cccc32)c(Cl)cc1CN1CCC(O)C1. The maximum absolute atomic E-state index is 13.2. The fourth-order valence-corrected chi connectivity index (χ4v) is 7.89. The molecule has 3 aromatic carbocycles.